The summed E-state index contributed by atoms with van der Waals surface area (Å²) >= 11 is 12.0. The molecule has 0 unspecified atom stereocenters. The van der Waals surface area contributed by atoms with E-state index in [9.17, 15) is 8.42 Å². The highest BCUT2D eigenvalue weighted by molar-refractivity contribution is 7.91. The van der Waals surface area contributed by atoms with Crippen molar-refractivity contribution in [2.24, 2.45) is 0 Å². The molecule has 3 aromatic carbocycles. The first-order valence-electron chi connectivity index (χ1n) is 8.37. The van der Waals surface area contributed by atoms with Crippen molar-refractivity contribution in [2.45, 2.75) is 9.79 Å². The Morgan fingerprint density at radius 1 is 0.750 bits per heavy atom. The van der Waals surface area contributed by atoms with E-state index in [1.165, 1.54) is 6.20 Å². The van der Waals surface area contributed by atoms with Crippen LogP contribution in [0.4, 0.5) is 0 Å². The Morgan fingerprint density at radius 3 is 1.93 bits per heavy atom. The van der Waals surface area contributed by atoms with Gasteiger partial charge in [-0.3, -0.25) is 0 Å². The fourth-order valence-corrected chi connectivity index (χ4v) is 4.57. The van der Waals surface area contributed by atoms with Crippen LogP contribution in [0.15, 0.2) is 94.9 Å². The second kappa shape index (κ2) is 7.43. The number of nitrogens with zero attached hydrogens (tertiary/aromatic N) is 2. The Morgan fingerprint density at radius 2 is 1.32 bits per heavy atom. The lowest BCUT2D eigenvalue weighted by molar-refractivity contribution is 0.596. The summed E-state index contributed by atoms with van der Waals surface area (Å²) in [7, 11) is -3.77. The Balaban J connectivity index is 1.97. The molecule has 0 amide bonds. The predicted octanol–water partition coefficient (Wildman–Crippen LogP) is 5.68. The summed E-state index contributed by atoms with van der Waals surface area (Å²) in [5.74, 6) is 0. The number of sulfone groups is 1. The molecule has 0 aliphatic carbocycles. The van der Waals surface area contributed by atoms with Crippen molar-refractivity contribution in [3.05, 3.63) is 95.1 Å². The zero-order chi connectivity index (χ0) is 19.7. The molecule has 140 valence electrons. The lowest BCUT2D eigenvalue weighted by Gasteiger charge is -2.11. The van der Waals surface area contributed by atoms with Gasteiger partial charge in [-0.2, -0.15) is 5.10 Å². The molecule has 0 atom stereocenters. The molecule has 0 N–H and O–H groups in total. The van der Waals surface area contributed by atoms with Crippen LogP contribution in [0.1, 0.15) is 0 Å². The Hall–Kier alpha value is -2.60. The standard InChI is InChI=1S/C21H14Cl2N2O2S/c22-16-8-6-15(7-9-16)21-20(28(26,27)19-4-2-1-3-5-19)14-24-25(21)18-12-10-17(23)11-13-18/h1-14H. The van der Waals surface area contributed by atoms with Crippen LogP contribution in [0.2, 0.25) is 10.0 Å². The monoisotopic (exact) mass is 428 g/mol. The summed E-state index contributed by atoms with van der Waals surface area (Å²) in [4.78, 5) is 0.330. The van der Waals surface area contributed by atoms with Crippen LogP contribution in [-0.4, -0.2) is 18.2 Å². The van der Waals surface area contributed by atoms with Gasteiger partial charge in [-0.25, -0.2) is 13.1 Å². The van der Waals surface area contributed by atoms with E-state index >= 15 is 0 Å². The topological polar surface area (TPSA) is 52.0 Å². The molecule has 4 rings (SSSR count). The van der Waals surface area contributed by atoms with E-state index in [2.05, 4.69) is 5.10 Å². The van der Waals surface area contributed by atoms with E-state index in [-0.39, 0.29) is 9.79 Å². The van der Waals surface area contributed by atoms with Crippen molar-refractivity contribution < 1.29 is 8.42 Å². The smallest absolute Gasteiger partial charge is 0.210 e. The van der Waals surface area contributed by atoms with Gasteiger partial charge in [0.15, 0.2) is 0 Å². The van der Waals surface area contributed by atoms with Gasteiger partial charge in [0.25, 0.3) is 0 Å². The van der Waals surface area contributed by atoms with Gasteiger partial charge in [0.2, 0.25) is 9.84 Å². The lowest BCUT2D eigenvalue weighted by atomic mass is 10.1. The fraction of sp³-hybridized carbons (Fsp3) is 0. The predicted molar refractivity (Wildman–Crippen MR) is 111 cm³/mol. The molecule has 0 radical (unpaired) electrons. The van der Waals surface area contributed by atoms with Gasteiger partial charge >= 0.3 is 0 Å². The van der Waals surface area contributed by atoms with Crippen molar-refractivity contribution in [2.75, 3.05) is 0 Å². The zero-order valence-electron chi connectivity index (χ0n) is 14.5. The second-order valence-corrected chi connectivity index (χ2v) is 8.86. The summed E-state index contributed by atoms with van der Waals surface area (Å²) in [5.41, 5.74) is 1.85. The van der Waals surface area contributed by atoms with E-state index in [4.69, 9.17) is 23.2 Å². The SMILES string of the molecule is O=S(=O)(c1ccccc1)c1cnn(-c2ccc(Cl)cc2)c1-c1ccc(Cl)cc1. The lowest BCUT2D eigenvalue weighted by Crippen LogP contribution is -2.05. The van der Waals surface area contributed by atoms with Crippen molar-refractivity contribution >= 4 is 33.0 Å². The Kier molecular flexibility index (Phi) is 4.98. The maximum atomic E-state index is 13.3. The first-order valence-corrected chi connectivity index (χ1v) is 10.6. The van der Waals surface area contributed by atoms with Crippen molar-refractivity contribution in [3.8, 4) is 16.9 Å². The number of hydrogen-bond donors (Lipinski definition) is 0. The first kappa shape index (κ1) is 18.7. The molecule has 0 aliphatic heterocycles. The van der Waals surface area contributed by atoms with E-state index in [1.54, 1.807) is 83.5 Å². The third kappa shape index (κ3) is 3.44. The summed E-state index contributed by atoms with van der Waals surface area (Å²) in [5, 5.41) is 5.52. The normalized spacial score (nSPS) is 11.5. The largest absolute Gasteiger partial charge is 0.232 e. The van der Waals surface area contributed by atoms with E-state index in [0.717, 1.165) is 0 Å². The fourth-order valence-electron chi connectivity index (χ4n) is 2.91. The van der Waals surface area contributed by atoms with Gasteiger partial charge in [-0.1, -0.05) is 53.5 Å². The molecule has 4 aromatic rings. The quantitative estimate of drug-likeness (QED) is 0.420. The molecular weight excluding hydrogens is 415 g/mol. The number of rotatable bonds is 4. The molecule has 0 bridgehead atoms. The van der Waals surface area contributed by atoms with Crippen LogP contribution in [0.3, 0.4) is 0 Å². The van der Waals surface area contributed by atoms with Crippen LogP contribution in [0.25, 0.3) is 16.9 Å². The molecule has 0 fully saturated rings. The molecule has 7 heteroatoms. The van der Waals surface area contributed by atoms with E-state index in [0.29, 0.717) is 27.0 Å². The third-order valence-electron chi connectivity index (χ3n) is 4.27. The van der Waals surface area contributed by atoms with Crippen LogP contribution < -0.4 is 0 Å². The van der Waals surface area contributed by atoms with Gasteiger partial charge in [0.05, 0.1) is 22.5 Å². The molecule has 28 heavy (non-hydrogen) atoms. The minimum atomic E-state index is -3.77. The van der Waals surface area contributed by atoms with E-state index in [1.807, 2.05) is 0 Å². The minimum Gasteiger partial charge on any atom is -0.232 e. The highest BCUT2D eigenvalue weighted by atomic mass is 35.5. The highest BCUT2D eigenvalue weighted by Crippen LogP contribution is 2.34. The number of hydrogen-bond acceptors (Lipinski definition) is 3. The molecule has 0 saturated heterocycles. The first-order chi connectivity index (χ1) is 13.5. The van der Waals surface area contributed by atoms with Crippen LogP contribution in [-0.2, 0) is 9.84 Å². The van der Waals surface area contributed by atoms with E-state index < -0.39 is 9.84 Å². The second-order valence-electron chi connectivity index (χ2n) is 6.07. The molecule has 0 saturated carbocycles. The van der Waals surface area contributed by atoms with Gasteiger partial charge < -0.3 is 0 Å². The van der Waals surface area contributed by atoms with Gasteiger partial charge in [-0.05, 0) is 48.5 Å². The van der Waals surface area contributed by atoms with Crippen LogP contribution in [0, 0.1) is 0 Å². The van der Waals surface area contributed by atoms with Crippen LogP contribution >= 0.6 is 23.2 Å². The minimum absolute atomic E-state index is 0.121. The van der Waals surface area contributed by atoms with Crippen molar-refractivity contribution in [1.29, 1.82) is 0 Å². The molecule has 0 spiro atoms. The molecule has 1 aromatic heterocycles. The maximum Gasteiger partial charge on any atom is 0.210 e. The van der Waals surface area contributed by atoms with Crippen molar-refractivity contribution in [1.82, 2.24) is 9.78 Å². The summed E-state index contributed by atoms with van der Waals surface area (Å²) < 4.78 is 28.2. The Labute approximate surface area is 172 Å². The number of aromatic nitrogens is 2. The average Bonchev–Trinajstić information content (AvgIpc) is 3.16. The average molecular weight is 429 g/mol. The summed E-state index contributed by atoms with van der Waals surface area (Å²) in [6, 6.07) is 22.3. The molecule has 0 aliphatic rings. The van der Waals surface area contributed by atoms with Crippen molar-refractivity contribution in [3.63, 3.8) is 0 Å². The summed E-state index contributed by atoms with van der Waals surface area (Å²) in [6.45, 7) is 0. The molecular formula is C21H14Cl2N2O2S. The van der Waals surface area contributed by atoms with Gasteiger partial charge in [0, 0.05) is 15.6 Å². The zero-order valence-corrected chi connectivity index (χ0v) is 16.8. The summed E-state index contributed by atoms with van der Waals surface area (Å²) in [6.07, 6.45) is 1.38. The maximum absolute atomic E-state index is 13.3. The molecule has 4 nitrogen and oxygen atoms in total. The number of halogens is 2. The molecule has 1 heterocycles. The van der Waals surface area contributed by atoms with Gasteiger partial charge in [0.1, 0.15) is 4.90 Å². The third-order valence-corrected chi connectivity index (χ3v) is 6.54. The van der Waals surface area contributed by atoms with Gasteiger partial charge in [-0.15, -0.1) is 0 Å². The Bertz CT molecular complexity index is 1220. The number of benzene rings is 3. The van der Waals surface area contributed by atoms with Crippen LogP contribution in [0.5, 0.6) is 0 Å². The highest BCUT2D eigenvalue weighted by Gasteiger charge is 2.26.